The Hall–Kier alpha value is -1.99. The lowest BCUT2D eigenvalue weighted by molar-refractivity contribution is 0.0463. The second-order valence-corrected chi connectivity index (χ2v) is 9.26. The van der Waals surface area contributed by atoms with E-state index in [0.717, 1.165) is 55.9 Å². The second kappa shape index (κ2) is 7.44. The van der Waals surface area contributed by atoms with Crippen LogP contribution in [-0.4, -0.2) is 46.2 Å². The lowest BCUT2D eigenvalue weighted by Gasteiger charge is -2.35. The SMILES string of the molecule is O=C(N[C@H]1C[C@H]2CN(c3cnccn3)C[C@H]2C[C@@H]1O)c1scc2c1CCCC2. The van der Waals surface area contributed by atoms with Crippen molar-refractivity contribution in [3.63, 3.8) is 0 Å². The molecule has 2 aliphatic carbocycles. The number of aromatic nitrogens is 2. The number of carbonyl (C=O) groups is 1. The molecule has 0 radical (unpaired) electrons. The van der Waals surface area contributed by atoms with Crippen molar-refractivity contribution < 1.29 is 9.90 Å². The zero-order chi connectivity index (χ0) is 19.1. The van der Waals surface area contributed by atoms with E-state index < -0.39 is 6.10 Å². The number of carbonyl (C=O) groups excluding carboxylic acids is 1. The Labute approximate surface area is 169 Å². The van der Waals surface area contributed by atoms with Gasteiger partial charge in [-0.1, -0.05) is 0 Å². The number of hydrogen-bond acceptors (Lipinski definition) is 6. The number of aliphatic hydroxyl groups excluding tert-OH is 1. The van der Waals surface area contributed by atoms with Gasteiger partial charge in [-0.2, -0.15) is 0 Å². The summed E-state index contributed by atoms with van der Waals surface area (Å²) in [6, 6.07) is -0.170. The summed E-state index contributed by atoms with van der Waals surface area (Å²) in [5, 5.41) is 16.0. The topological polar surface area (TPSA) is 78.4 Å². The highest BCUT2D eigenvalue weighted by atomic mass is 32.1. The molecular weight excluding hydrogens is 372 g/mol. The lowest BCUT2D eigenvalue weighted by atomic mass is 9.77. The molecule has 0 spiro atoms. The number of hydrogen-bond donors (Lipinski definition) is 2. The lowest BCUT2D eigenvalue weighted by Crippen LogP contribution is -2.49. The monoisotopic (exact) mass is 398 g/mol. The predicted molar refractivity (Wildman–Crippen MR) is 109 cm³/mol. The molecular formula is C21H26N4O2S. The third-order valence-corrected chi connectivity index (χ3v) is 7.71. The molecule has 3 heterocycles. The summed E-state index contributed by atoms with van der Waals surface area (Å²) in [5.74, 6) is 1.81. The molecule has 1 saturated heterocycles. The normalized spacial score (nSPS) is 29.2. The van der Waals surface area contributed by atoms with Crippen LogP contribution in [0.1, 0.15) is 46.5 Å². The third-order valence-electron chi connectivity index (χ3n) is 6.64. The van der Waals surface area contributed by atoms with Gasteiger partial charge in [0.05, 0.1) is 23.2 Å². The van der Waals surface area contributed by atoms with Crippen molar-refractivity contribution in [3.8, 4) is 0 Å². The van der Waals surface area contributed by atoms with Crippen molar-refractivity contribution in [1.82, 2.24) is 15.3 Å². The average Bonchev–Trinajstić information content (AvgIpc) is 3.33. The van der Waals surface area contributed by atoms with Crippen LogP contribution in [0.5, 0.6) is 0 Å². The maximum atomic E-state index is 12.9. The van der Waals surface area contributed by atoms with Crippen LogP contribution in [0, 0.1) is 11.8 Å². The molecule has 1 amide bonds. The molecule has 2 fully saturated rings. The smallest absolute Gasteiger partial charge is 0.261 e. The van der Waals surface area contributed by atoms with Gasteiger partial charge in [0, 0.05) is 25.5 Å². The minimum absolute atomic E-state index is 0.000529. The molecule has 4 atom stereocenters. The Kier molecular flexibility index (Phi) is 4.80. The van der Waals surface area contributed by atoms with Crippen LogP contribution < -0.4 is 10.2 Å². The molecule has 3 aliphatic rings. The molecule has 28 heavy (non-hydrogen) atoms. The van der Waals surface area contributed by atoms with Gasteiger partial charge in [-0.25, -0.2) is 4.98 Å². The molecule has 0 aromatic carbocycles. The highest BCUT2D eigenvalue weighted by Gasteiger charge is 2.42. The van der Waals surface area contributed by atoms with E-state index in [0.29, 0.717) is 11.8 Å². The molecule has 1 saturated carbocycles. The predicted octanol–water partition coefficient (Wildman–Crippen LogP) is 2.42. The molecule has 7 heteroatoms. The first-order valence-electron chi connectivity index (χ1n) is 10.3. The summed E-state index contributed by atoms with van der Waals surface area (Å²) in [6.45, 7) is 1.82. The Balaban J connectivity index is 1.26. The molecule has 148 valence electrons. The van der Waals surface area contributed by atoms with Crippen molar-refractivity contribution in [2.24, 2.45) is 11.8 Å². The van der Waals surface area contributed by atoms with Crippen LogP contribution in [-0.2, 0) is 12.8 Å². The van der Waals surface area contributed by atoms with E-state index in [1.165, 1.54) is 17.5 Å². The number of amides is 1. The average molecular weight is 399 g/mol. The van der Waals surface area contributed by atoms with Crippen molar-refractivity contribution in [2.45, 2.75) is 50.7 Å². The van der Waals surface area contributed by atoms with E-state index in [2.05, 4.69) is 25.6 Å². The Morgan fingerprint density at radius 1 is 1.18 bits per heavy atom. The van der Waals surface area contributed by atoms with E-state index in [1.54, 1.807) is 29.9 Å². The first-order chi connectivity index (χ1) is 13.7. The number of thiophene rings is 1. The molecule has 2 aromatic heterocycles. The molecule has 2 N–H and O–H groups in total. The number of anilines is 1. The van der Waals surface area contributed by atoms with E-state index in [1.807, 2.05) is 0 Å². The van der Waals surface area contributed by atoms with Gasteiger partial charge < -0.3 is 15.3 Å². The van der Waals surface area contributed by atoms with Gasteiger partial charge in [-0.3, -0.25) is 9.78 Å². The van der Waals surface area contributed by atoms with Gasteiger partial charge in [0.15, 0.2) is 0 Å². The quantitative estimate of drug-likeness (QED) is 0.830. The van der Waals surface area contributed by atoms with Crippen LogP contribution >= 0.6 is 11.3 Å². The van der Waals surface area contributed by atoms with Crippen LogP contribution in [0.25, 0.3) is 0 Å². The van der Waals surface area contributed by atoms with Crippen LogP contribution in [0.4, 0.5) is 5.82 Å². The van der Waals surface area contributed by atoms with E-state index in [-0.39, 0.29) is 11.9 Å². The second-order valence-electron chi connectivity index (χ2n) is 8.38. The van der Waals surface area contributed by atoms with Gasteiger partial charge in [-0.15, -0.1) is 11.3 Å². The first-order valence-corrected chi connectivity index (χ1v) is 11.2. The summed E-state index contributed by atoms with van der Waals surface area (Å²) >= 11 is 1.56. The first kappa shape index (κ1) is 18.1. The van der Waals surface area contributed by atoms with Crippen molar-refractivity contribution in [2.75, 3.05) is 18.0 Å². The van der Waals surface area contributed by atoms with Crippen LogP contribution in [0.2, 0.25) is 0 Å². The summed E-state index contributed by atoms with van der Waals surface area (Å²) in [5.41, 5.74) is 2.59. The van der Waals surface area contributed by atoms with Crippen molar-refractivity contribution >= 4 is 23.1 Å². The van der Waals surface area contributed by atoms with Crippen LogP contribution in [0.3, 0.4) is 0 Å². The molecule has 6 nitrogen and oxygen atoms in total. The molecule has 5 rings (SSSR count). The Morgan fingerprint density at radius 3 is 2.82 bits per heavy atom. The van der Waals surface area contributed by atoms with Crippen molar-refractivity contribution in [3.05, 3.63) is 40.0 Å². The highest BCUT2D eigenvalue weighted by molar-refractivity contribution is 7.12. The van der Waals surface area contributed by atoms with Gasteiger partial charge in [0.2, 0.25) is 0 Å². The molecule has 2 aromatic rings. The fourth-order valence-corrected chi connectivity index (χ4v) is 6.23. The minimum Gasteiger partial charge on any atom is -0.391 e. The third kappa shape index (κ3) is 3.31. The number of nitrogens with zero attached hydrogens (tertiary/aromatic N) is 3. The van der Waals surface area contributed by atoms with Crippen LogP contribution in [0.15, 0.2) is 24.0 Å². The van der Waals surface area contributed by atoms with Gasteiger partial charge >= 0.3 is 0 Å². The zero-order valence-corrected chi connectivity index (χ0v) is 16.7. The summed E-state index contributed by atoms with van der Waals surface area (Å²) in [6.07, 6.45) is 10.8. The van der Waals surface area contributed by atoms with Gasteiger partial charge in [0.25, 0.3) is 5.91 Å². The number of fused-ring (bicyclic) bond motifs is 2. The van der Waals surface area contributed by atoms with E-state index in [9.17, 15) is 9.90 Å². The molecule has 0 bridgehead atoms. The van der Waals surface area contributed by atoms with Gasteiger partial charge in [0.1, 0.15) is 5.82 Å². The number of nitrogens with one attached hydrogen (secondary N) is 1. The minimum atomic E-state index is -0.484. The summed E-state index contributed by atoms with van der Waals surface area (Å²) in [4.78, 5) is 24.6. The highest BCUT2D eigenvalue weighted by Crippen LogP contribution is 2.38. The summed E-state index contributed by atoms with van der Waals surface area (Å²) in [7, 11) is 0. The Morgan fingerprint density at radius 2 is 2.00 bits per heavy atom. The summed E-state index contributed by atoms with van der Waals surface area (Å²) < 4.78 is 0. The Bertz CT molecular complexity index is 855. The van der Waals surface area contributed by atoms with E-state index in [4.69, 9.17) is 0 Å². The number of aryl methyl sites for hydroxylation is 1. The maximum Gasteiger partial charge on any atom is 0.261 e. The fourth-order valence-electron chi connectivity index (χ4n) is 5.17. The van der Waals surface area contributed by atoms with Gasteiger partial charge in [-0.05, 0) is 66.9 Å². The molecule has 1 aliphatic heterocycles. The number of rotatable bonds is 3. The maximum absolute atomic E-state index is 12.9. The fraction of sp³-hybridized carbons (Fsp3) is 0.571. The molecule has 0 unspecified atom stereocenters. The standard InChI is InChI=1S/C21H26N4O2S/c26-18-8-15-11-25(19-9-22-5-6-23-19)10-14(15)7-17(18)24-21(27)20-16-4-2-1-3-13(16)12-28-20/h5-6,9,12,14-15,17-18,26H,1-4,7-8,10-11H2,(H,24,27)/t14-,15+,17-,18-/m0/s1. The van der Waals surface area contributed by atoms with Crippen molar-refractivity contribution in [1.29, 1.82) is 0 Å². The number of aliphatic hydroxyl groups is 1. The largest absolute Gasteiger partial charge is 0.391 e. The van der Waals surface area contributed by atoms with E-state index >= 15 is 0 Å². The zero-order valence-electron chi connectivity index (χ0n) is 15.9.